The highest BCUT2D eigenvalue weighted by molar-refractivity contribution is 6.10. The van der Waals surface area contributed by atoms with Gasteiger partial charge in [-0.25, -0.2) is 4.98 Å². The number of aromatic nitrogens is 4. The van der Waals surface area contributed by atoms with Crippen molar-refractivity contribution in [3.8, 4) is 62.1 Å². The van der Waals surface area contributed by atoms with Crippen molar-refractivity contribution in [1.29, 1.82) is 0 Å². The summed E-state index contributed by atoms with van der Waals surface area (Å²) in [6, 6.07) is 69.6. The van der Waals surface area contributed by atoms with Crippen LogP contribution >= 0.6 is 0 Å². The predicted molar refractivity (Wildman–Crippen MR) is 299 cm³/mol. The van der Waals surface area contributed by atoms with E-state index in [1.807, 2.05) is 6.07 Å². The van der Waals surface area contributed by atoms with Gasteiger partial charge in [0, 0.05) is 28.6 Å². The minimum absolute atomic E-state index is 0.0149. The third kappa shape index (κ3) is 8.57. The van der Waals surface area contributed by atoms with Crippen LogP contribution in [0, 0.1) is 6.33 Å². The number of fused-ring (bicyclic) bond motifs is 4. The highest BCUT2D eigenvalue weighted by Crippen LogP contribution is 2.41. The molecular formula is C67H62N4O. The smallest absolute Gasteiger partial charge is 0.269 e. The highest BCUT2D eigenvalue weighted by atomic mass is 16.5. The summed E-state index contributed by atoms with van der Waals surface area (Å²) in [7, 11) is 0. The van der Waals surface area contributed by atoms with Crippen molar-refractivity contribution in [1.82, 2.24) is 14.1 Å². The van der Waals surface area contributed by atoms with Crippen molar-refractivity contribution in [2.45, 2.75) is 85.0 Å². The zero-order valence-electron chi connectivity index (χ0n) is 42.7. The van der Waals surface area contributed by atoms with Crippen LogP contribution in [0.3, 0.4) is 0 Å². The molecule has 0 unspecified atom stereocenters. The van der Waals surface area contributed by atoms with Gasteiger partial charge in [-0.15, -0.1) is 0 Å². The molecule has 356 valence electrons. The molecule has 0 spiro atoms. The first-order valence-corrected chi connectivity index (χ1v) is 25.5. The lowest BCUT2D eigenvalue weighted by Gasteiger charge is -2.22. The summed E-state index contributed by atoms with van der Waals surface area (Å²) < 4.78 is 13.6. The van der Waals surface area contributed by atoms with E-state index >= 15 is 0 Å². The number of hydrogen-bond donors (Lipinski definition) is 0. The van der Waals surface area contributed by atoms with Crippen LogP contribution in [0.2, 0.25) is 0 Å². The van der Waals surface area contributed by atoms with Crippen molar-refractivity contribution in [2.75, 3.05) is 0 Å². The largest absolute Gasteiger partial charge is 0.458 e. The van der Waals surface area contributed by atoms with Crippen molar-refractivity contribution < 1.29 is 9.30 Å². The van der Waals surface area contributed by atoms with Gasteiger partial charge < -0.3 is 4.74 Å². The van der Waals surface area contributed by atoms with E-state index in [0.29, 0.717) is 5.92 Å². The van der Waals surface area contributed by atoms with Crippen molar-refractivity contribution in [3.63, 3.8) is 0 Å². The Morgan fingerprint density at radius 1 is 0.514 bits per heavy atom. The average Bonchev–Trinajstić information content (AvgIpc) is 3.94. The molecule has 0 atom stereocenters. The SMILES string of the molecule is CCC(CC)c1cc(-n2c3ccc(C(C)(C)C)cc3c3ccc(Oc4cccc(-n5[c-][n+](-c6c(-c7ccccc7)cccc6-c6ccccc6)c6ccccc65)c4)cc32)ncc1-c1ccc(C(C)(C)C)cc1. The maximum absolute atomic E-state index is 6.91. The van der Waals surface area contributed by atoms with Crippen molar-refractivity contribution in [2.24, 2.45) is 0 Å². The molecular weight excluding hydrogens is 877 g/mol. The zero-order valence-corrected chi connectivity index (χ0v) is 42.7. The Labute approximate surface area is 424 Å². The maximum Gasteiger partial charge on any atom is 0.269 e. The molecule has 0 aliphatic heterocycles. The fraction of sp³-hybridized carbons (Fsp3) is 0.194. The molecule has 0 amide bonds. The number of benzene rings is 8. The number of para-hydroxylation sites is 3. The van der Waals surface area contributed by atoms with Crippen LogP contribution in [0.15, 0.2) is 200 Å². The summed E-state index contributed by atoms with van der Waals surface area (Å²) in [6.07, 6.45) is 8.01. The number of rotatable bonds is 11. The van der Waals surface area contributed by atoms with Crippen LogP contribution in [0.5, 0.6) is 11.5 Å². The molecule has 3 heterocycles. The molecule has 8 aromatic carbocycles. The molecule has 11 aromatic rings. The molecule has 0 saturated heterocycles. The molecule has 0 fully saturated rings. The number of imidazole rings is 1. The molecule has 0 aliphatic carbocycles. The minimum Gasteiger partial charge on any atom is -0.458 e. The highest BCUT2D eigenvalue weighted by Gasteiger charge is 2.24. The summed E-state index contributed by atoms with van der Waals surface area (Å²) >= 11 is 0. The molecule has 0 saturated carbocycles. The number of nitrogens with zero attached hydrogens (tertiary/aromatic N) is 4. The lowest BCUT2D eigenvalue weighted by atomic mass is 9.84. The normalized spacial score (nSPS) is 12.1. The second-order valence-electron chi connectivity index (χ2n) is 21.3. The Balaban J connectivity index is 1.02. The van der Waals surface area contributed by atoms with Crippen LogP contribution in [-0.2, 0) is 10.8 Å². The maximum atomic E-state index is 6.91. The molecule has 0 N–H and O–H groups in total. The third-order valence-corrected chi connectivity index (χ3v) is 14.5. The lowest BCUT2D eigenvalue weighted by molar-refractivity contribution is -0.571. The van der Waals surface area contributed by atoms with Gasteiger partial charge in [0.1, 0.15) is 17.3 Å². The first-order valence-electron chi connectivity index (χ1n) is 25.5. The van der Waals surface area contributed by atoms with Crippen molar-refractivity contribution >= 4 is 32.8 Å². The fourth-order valence-electron chi connectivity index (χ4n) is 10.5. The first-order chi connectivity index (χ1) is 34.9. The van der Waals surface area contributed by atoms with E-state index in [9.17, 15) is 0 Å². The summed E-state index contributed by atoms with van der Waals surface area (Å²) in [6.45, 7) is 18.3. The molecule has 5 heteroatoms. The molecule has 0 radical (unpaired) electrons. The molecule has 0 bridgehead atoms. The summed E-state index contributed by atoms with van der Waals surface area (Å²) in [5.41, 5.74) is 17.2. The van der Waals surface area contributed by atoms with Gasteiger partial charge in [-0.2, -0.15) is 0 Å². The van der Waals surface area contributed by atoms with Gasteiger partial charge in [-0.05, 0) is 123 Å². The van der Waals surface area contributed by atoms with E-state index in [-0.39, 0.29) is 10.8 Å². The van der Waals surface area contributed by atoms with Gasteiger partial charge in [0.05, 0.1) is 33.4 Å². The molecule has 72 heavy (non-hydrogen) atoms. The Morgan fingerprint density at radius 2 is 1.12 bits per heavy atom. The van der Waals surface area contributed by atoms with E-state index in [2.05, 4.69) is 270 Å². The third-order valence-electron chi connectivity index (χ3n) is 14.5. The van der Waals surface area contributed by atoms with E-state index in [1.54, 1.807) is 0 Å². The Hall–Kier alpha value is -8.02. The number of hydrogen-bond acceptors (Lipinski definition) is 2. The second-order valence-corrected chi connectivity index (χ2v) is 21.3. The van der Waals surface area contributed by atoms with Crippen LogP contribution in [0.1, 0.15) is 90.8 Å². The summed E-state index contributed by atoms with van der Waals surface area (Å²) in [5.74, 6) is 2.76. The fourth-order valence-corrected chi connectivity index (χ4v) is 10.5. The monoisotopic (exact) mass is 938 g/mol. The summed E-state index contributed by atoms with van der Waals surface area (Å²) in [5, 5.41) is 2.36. The van der Waals surface area contributed by atoms with Gasteiger partial charge in [0.25, 0.3) is 6.33 Å². The van der Waals surface area contributed by atoms with Crippen LogP contribution in [0.4, 0.5) is 0 Å². The van der Waals surface area contributed by atoms with E-state index in [4.69, 9.17) is 9.72 Å². The zero-order chi connectivity index (χ0) is 49.7. The predicted octanol–water partition coefficient (Wildman–Crippen LogP) is 17.5. The van der Waals surface area contributed by atoms with E-state index < -0.39 is 0 Å². The Morgan fingerprint density at radius 3 is 1.79 bits per heavy atom. The topological polar surface area (TPSA) is 35.9 Å². The van der Waals surface area contributed by atoms with Crippen LogP contribution in [-0.4, -0.2) is 14.1 Å². The molecule has 3 aromatic heterocycles. The number of pyridine rings is 1. The molecule has 0 aliphatic rings. The standard InChI is InChI=1S/C67H62N4O/c1-9-45(10-2)57-42-64(68-43-59(57)48-31-33-49(34-32-48)66(3,4)5)71-60-38-35-50(67(6,7)8)39-58(60)56-37-36-53(41-63(56)71)72-52-26-19-25-51(40-52)69-44-70(62-30-18-17-29-61(62)69)65-54(46-21-13-11-14-22-46)27-20-28-55(65)47-23-15-12-16-24-47/h11-43,45H,9-10H2,1-8H3. The average molecular weight is 939 g/mol. The van der Waals surface area contributed by atoms with Crippen LogP contribution in [0.25, 0.3) is 83.4 Å². The summed E-state index contributed by atoms with van der Waals surface area (Å²) in [4.78, 5) is 5.32. The van der Waals surface area contributed by atoms with Gasteiger partial charge in [0.15, 0.2) is 0 Å². The van der Waals surface area contributed by atoms with Gasteiger partial charge in [-0.3, -0.25) is 13.7 Å². The Bertz CT molecular complexity index is 3690. The quantitative estimate of drug-likeness (QED) is 0.0957. The number of ether oxygens (including phenoxy) is 1. The second kappa shape index (κ2) is 18.6. The van der Waals surface area contributed by atoms with E-state index in [0.717, 1.165) is 91.2 Å². The first kappa shape index (κ1) is 46.4. The minimum atomic E-state index is -0.0149. The van der Waals surface area contributed by atoms with Gasteiger partial charge in [0.2, 0.25) is 0 Å². The van der Waals surface area contributed by atoms with Gasteiger partial charge >= 0.3 is 0 Å². The lowest BCUT2D eigenvalue weighted by Crippen LogP contribution is -2.31. The van der Waals surface area contributed by atoms with Crippen LogP contribution < -0.4 is 9.30 Å². The molecule has 5 nitrogen and oxygen atoms in total. The van der Waals surface area contributed by atoms with Crippen molar-refractivity contribution in [3.05, 3.63) is 223 Å². The Kier molecular flexibility index (Phi) is 12.0. The van der Waals surface area contributed by atoms with E-state index in [1.165, 1.54) is 33.2 Å². The van der Waals surface area contributed by atoms with Gasteiger partial charge in [-0.1, -0.05) is 195 Å². The molecule has 11 rings (SSSR count).